The van der Waals surface area contributed by atoms with Gasteiger partial charge in [-0.25, -0.2) is 15.3 Å². The summed E-state index contributed by atoms with van der Waals surface area (Å²) in [5.41, 5.74) is 10.6. The maximum Gasteiger partial charge on any atom is 0.0235 e. The van der Waals surface area contributed by atoms with Crippen LogP contribution in [0.4, 0.5) is 0 Å². The molecule has 0 aromatic carbocycles. The van der Waals surface area contributed by atoms with Crippen LogP contribution in [0.25, 0.3) is 0 Å². The first kappa shape index (κ1) is 34.6. The molecule has 180 valence electrons. The predicted molar refractivity (Wildman–Crippen MR) is 159 cm³/mol. The van der Waals surface area contributed by atoms with Crippen LogP contribution >= 0.6 is 71.9 Å². The monoisotopic (exact) mass is 813 g/mol. The van der Waals surface area contributed by atoms with Gasteiger partial charge in [-0.15, -0.1) is 71.9 Å². The number of aromatic nitrogens is 6. The molecule has 0 unspecified atom stereocenters. The quantitative estimate of drug-likeness (QED) is 0.139. The van der Waals surface area contributed by atoms with E-state index < -0.39 is 0 Å². The molecule has 0 aliphatic heterocycles. The molecular formula is C22H36I3N6Ti-. The molecule has 3 N–H and O–H groups in total. The number of nitrogens with zero attached hydrogens (tertiary/aromatic N) is 3. The van der Waals surface area contributed by atoms with Crippen molar-refractivity contribution in [1.29, 1.82) is 0 Å². The van der Waals surface area contributed by atoms with Crippen molar-refractivity contribution >= 4 is 71.9 Å². The van der Waals surface area contributed by atoms with Gasteiger partial charge in [0.2, 0.25) is 0 Å². The third-order valence-electron chi connectivity index (χ3n) is 5.56. The first-order valence-electron chi connectivity index (χ1n) is 10.7. The molecule has 0 atom stereocenters. The van der Waals surface area contributed by atoms with Crippen LogP contribution in [0.2, 0.25) is 0 Å². The van der Waals surface area contributed by atoms with Gasteiger partial charge in [-0.05, 0) is 72.3 Å². The maximum absolute atomic E-state index is 4.66. The van der Waals surface area contributed by atoms with Gasteiger partial charge in [0.25, 0.3) is 0 Å². The van der Waals surface area contributed by atoms with Crippen LogP contribution in [0.3, 0.4) is 0 Å². The van der Waals surface area contributed by atoms with E-state index in [9.17, 15) is 0 Å². The second-order valence-electron chi connectivity index (χ2n) is 7.07. The Morgan fingerprint density at radius 2 is 0.750 bits per heavy atom. The molecule has 0 saturated heterocycles. The predicted octanol–water partition coefficient (Wildman–Crippen LogP) is 6.10. The topological polar surface area (TPSA) is 86.0 Å². The van der Waals surface area contributed by atoms with Crippen LogP contribution in [0.5, 0.6) is 0 Å². The van der Waals surface area contributed by atoms with Gasteiger partial charge < -0.3 is 15.3 Å². The third kappa shape index (κ3) is 6.54. The van der Waals surface area contributed by atoms with Gasteiger partial charge in [0.1, 0.15) is 0 Å². The number of aryl methyl sites for hydroxylation is 6. The number of rotatable bonds is 9. The van der Waals surface area contributed by atoms with E-state index in [0.29, 0.717) is 0 Å². The Morgan fingerprint density at radius 3 is 0.938 bits per heavy atom. The molecule has 3 rings (SSSR count). The molecule has 0 bridgehead atoms. The largest absolute Gasteiger partial charge is 0.310 e. The standard InChI is InChI=1S/C22H33N6.3HI.Ti/c1-7-13-19(14(8-2)24-23-13)22(20-15(9-3)25-26-16(20)10-4)21-17(11-5)27-28-18(21)12-6;;;;/h7-12H2,1-6H3,(H,23,24)(H,25,26)(H,27,28);3*1H;/q-1;;;;. The van der Waals surface area contributed by atoms with E-state index in [0.717, 1.165) is 55.6 Å². The fraction of sp³-hybridized carbons (Fsp3) is 0.545. The number of halogens is 3. The molecule has 32 heavy (non-hydrogen) atoms. The number of aromatic amines is 3. The van der Waals surface area contributed by atoms with Crippen molar-refractivity contribution in [3.05, 3.63) is 56.8 Å². The molecule has 0 saturated carbocycles. The van der Waals surface area contributed by atoms with E-state index in [-0.39, 0.29) is 93.6 Å². The van der Waals surface area contributed by atoms with E-state index in [2.05, 4.69) is 72.1 Å². The van der Waals surface area contributed by atoms with Crippen molar-refractivity contribution < 1.29 is 21.7 Å². The minimum atomic E-state index is 0. The van der Waals surface area contributed by atoms with Gasteiger partial charge in [-0.3, -0.25) is 0 Å². The first-order chi connectivity index (χ1) is 13.6. The smallest absolute Gasteiger partial charge is 0.0235 e. The van der Waals surface area contributed by atoms with Gasteiger partial charge in [-0.1, -0.05) is 47.5 Å². The molecular weight excluding hydrogens is 777 g/mol. The molecule has 0 aliphatic carbocycles. The summed E-state index contributed by atoms with van der Waals surface area (Å²) in [6, 6.07) is 0. The zero-order chi connectivity index (χ0) is 20.3. The SMILES string of the molecule is CCc1n[nH]c(CC)c1[C-](c1c(CC)n[nH]c1CC)c1c(CC)n[nH]c1CC.I.I.I.[Ti]. The van der Waals surface area contributed by atoms with Crippen molar-refractivity contribution in [3.8, 4) is 0 Å². The number of hydrogen-bond acceptors (Lipinski definition) is 3. The van der Waals surface area contributed by atoms with E-state index in [1.165, 1.54) is 39.7 Å². The summed E-state index contributed by atoms with van der Waals surface area (Å²) < 4.78 is 0. The Kier molecular flexibility index (Phi) is 17.4. The summed E-state index contributed by atoms with van der Waals surface area (Å²) >= 11 is 0. The van der Waals surface area contributed by atoms with E-state index in [4.69, 9.17) is 0 Å². The van der Waals surface area contributed by atoms with E-state index >= 15 is 0 Å². The minimum absolute atomic E-state index is 0. The fourth-order valence-corrected chi connectivity index (χ4v) is 4.06. The Morgan fingerprint density at radius 1 is 0.500 bits per heavy atom. The van der Waals surface area contributed by atoms with Crippen molar-refractivity contribution in [2.45, 2.75) is 80.1 Å². The molecule has 10 heteroatoms. The van der Waals surface area contributed by atoms with Crippen molar-refractivity contribution in [2.75, 3.05) is 0 Å². The molecule has 0 aliphatic rings. The van der Waals surface area contributed by atoms with Crippen molar-refractivity contribution in [1.82, 2.24) is 30.6 Å². The van der Waals surface area contributed by atoms with Crippen LogP contribution in [-0.2, 0) is 60.2 Å². The Labute approximate surface area is 258 Å². The van der Waals surface area contributed by atoms with Crippen LogP contribution < -0.4 is 0 Å². The second-order valence-corrected chi connectivity index (χ2v) is 7.07. The third-order valence-corrected chi connectivity index (χ3v) is 5.56. The average molecular weight is 813 g/mol. The van der Waals surface area contributed by atoms with Gasteiger partial charge in [0.15, 0.2) is 0 Å². The van der Waals surface area contributed by atoms with Crippen molar-refractivity contribution in [3.63, 3.8) is 0 Å². The van der Waals surface area contributed by atoms with Gasteiger partial charge in [0, 0.05) is 38.8 Å². The molecule has 3 aromatic heterocycles. The number of H-pyrrole nitrogens is 3. The minimum Gasteiger partial charge on any atom is -0.310 e. The average Bonchev–Trinajstić information content (AvgIpc) is 3.44. The number of hydrogen-bond donors (Lipinski definition) is 3. The van der Waals surface area contributed by atoms with Crippen LogP contribution in [0, 0.1) is 5.92 Å². The Bertz CT molecular complexity index is 750. The molecule has 0 spiro atoms. The molecule has 0 radical (unpaired) electrons. The van der Waals surface area contributed by atoms with E-state index in [1.807, 2.05) is 0 Å². The molecule has 6 nitrogen and oxygen atoms in total. The normalized spacial score (nSPS) is 9.94. The Hall–Kier alpha value is 0.404. The maximum atomic E-state index is 4.66. The second kappa shape index (κ2) is 16.1. The summed E-state index contributed by atoms with van der Waals surface area (Å²) in [6.45, 7) is 13.1. The summed E-state index contributed by atoms with van der Waals surface area (Å²) in [5.74, 6) is 1.24. The van der Waals surface area contributed by atoms with Crippen LogP contribution in [0.15, 0.2) is 0 Å². The van der Waals surface area contributed by atoms with Crippen LogP contribution in [-0.4, -0.2) is 30.6 Å². The fourth-order valence-electron chi connectivity index (χ4n) is 4.06. The van der Waals surface area contributed by atoms with Gasteiger partial charge >= 0.3 is 0 Å². The molecule has 3 aromatic rings. The summed E-state index contributed by atoms with van der Waals surface area (Å²) in [5, 5.41) is 23.9. The molecule has 0 fully saturated rings. The zero-order valence-corrected chi connectivity index (χ0v) is 28.4. The summed E-state index contributed by atoms with van der Waals surface area (Å²) in [6.07, 6.45) is 5.39. The molecule has 0 amide bonds. The Balaban J connectivity index is 0. The summed E-state index contributed by atoms with van der Waals surface area (Å²) in [7, 11) is 0. The van der Waals surface area contributed by atoms with Gasteiger partial charge in [-0.2, -0.15) is 0 Å². The van der Waals surface area contributed by atoms with Crippen molar-refractivity contribution in [2.24, 2.45) is 0 Å². The summed E-state index contributed by atoms with van der Waals surface area (Å²) in [4.78, 5) is 0. The van der Waals surface area contributed by atoms with E-state index in [1.54, 1.807) is 0 Å². The van der Waals surface area contributed by atoms with Gasteiger partial charge in [0.05, 0.1) is 0 Å². The first-order valence-corrected chi connectivity index (χ1v) is 10.7. The van der Waals surface area contributed by atoms with Crippen LogP contribution in [0.1, 0.15) is 92.4 Å². The zero-order valence-electron chi connectivity index (χ0n) is 19.8. The molecule has 3 heterocycles. The number of nitrogens with one attached hydrogen (secondary N) is 3.